The lowest BCUT2D eigenvalue weighted by atomic mass is 10.2. The fourth-order valence-electron chi connectivity index (χ4n) is 1.68. The van der Waals surface area contributed by atoms with E-state index in [-0.39, 0.29) is 0 Å². The lowest BCUT2D eigenvalue weighted by Crippen LogP contribution is -2.05. The maximum atomic E-state index is 5.86. The molecule has 1 aromatic heterocycles. The molecule has 0 saturated carbocycles. The number of benzene rings is 1. The summed E-state index contributed by atoms with van der Waals surface area (Å²) in [6.45, 7) is 0.613. The molecule has 0 saturated heterocycles. The number of pyridine rings is 1. The number of methoxy groups -OCH3 is 2. The van der Waals surface area contributed by atoms with E-state index in [1.54, 1.807) is 26.4 Å². The second-order valence-corrected chi connectivity index (χ2v) is 4.00. The summed E-state index contributed by atoms with van der Waals surface area (Å²) in [5, 5.41) is 3.18. The zero-order valence-corrected chi connectivity index (χ0v) is 11.0. The van der Waals surface area contributed by atoms with Crippen LogP contribution >= 0.6 is 0 Å². The van der Waals surface area contributed by atoms with Gasteiger partial charge in [0.1, 0.15) is 5.75 Å². The van der Waals surface area contributed by atoms with E-state index in [1.165, 1.54) is 0 Å². The Morgan fingerprint density at radius 3 is 2.74 bits per heavy atom. The summed E-state index contributed by atoms with van der Waals surface area (Å²) >= 11 is 0. The van der Waals surface area contributed by atoms with E-state index in [2.05, 4.69) is 10.3 Å². The molecule has 0 bridgehead atoms. The molecule has 1 heterocycles. The van der Waals surface area contributed by atoms with Gasteiger partial charge in [0.2, 0.25) is 5.88 Å². The maximum Gasteiger partial charge on any atom is 0.215 e. The minimum absolute atomic E-state index is 0.530. The molecule has 0 fully saturated rings. The van der Waals surface area contributed by atoms with Crippen LogP contribution in [0.1, 0.15) is 5.56 Å². The number of hydrogen-bond acceptors (Lipinski definition) is 5. The average Bonchev–Trinajstić information content (AvgIpc) is 2.46. The standard InChI is InChI=1S/C14H17N3O2/c1-18-11-5-3-4-10(8-11)9-16-14-12(15)6-7-13(17-14)19-2/h3-8H,9,15H2,1-2H3,(H,16,17). The van der Waals surface area contributed by atoms with Gasteiger partial charge >= 0.3 is 0 Å². The summed E-state index contributed by atoms with van der Waals surface area (Å²) in [6, 6.07) is 11.3. The SMILES string of the molecule is COc1cccc(CNc2nc(OC)ccc2N)c1. The molecule has 0 aliphatic heterocycles. The van der Waals surface area contributed by atoms with Gasteiger partial charge in [0.15, 0.2) is 5.82 Å². The molecule has 5 nitrogen and oxygen atoms in total. The average molecular weight is 259 g/mol. The number of rotatable bonds is 5. The van der Waals surface area contributed by atoms with E-state index in [4.69, 9.17) is 15.2 Å². The van der Waals surface area contributed by atoms with Crippen LogP contribution in [0.25, 0.3) is 0 Å². The molecule has 2 aromatic rings. The van der Waals surface area contributed by atoms with Crippen molar-refractivity contribution in [3.8, 4) is 11.6 Å². The molecular weight excluding hydrogens is 242 g/mol. The third-order valence-corrected chi connectivity index (χ3v) is 2.70. The third kappa shape index (κ3) is 3.28. The van der Waals surface area contributed by atoms with Crippen LogP contribution in [0, 0.1) is 0 Å². The predicted octanol–water partition coefficient (Wildman–Crippen LogP) is 2.29. The number of hydrogen-bond donors (Lipinski definition) is 2. The summed E-state index contributed by atoms with van der Waals surface area (Å²) < 4.78 is 10.3. The van der Waals surface area contributed by atoms with Crippen molar-refractivity contribution >= 4 is 11.5 Å². The Kier molecular flexibility index (Phi) is 4.07. The van der Waals surface area contributed by atoms with Crippen LogP contribution in [-0.2, 0) is 6.54 Å². The summed E-state index contributed by atoms with van der Waals surface area (Å²) in [7, 11) is 3.22. The van der Waals surface area contributed by atoms with Crippen molar-refractivity contribution in [1.29, 1.82) is 0 Å². The number of nitrogen functional groups attached to an aromatic ring is 1. The van der Waals surface area contributed by atoms with E-state index >= 15 is 0 Å². The summed E-state index contributed by atoms with van der Waals surface area (Å²) in [6.07, 6.45) is 0. The first-order valence-corrected chi connectivity index (χ1v) is 5.90. The van der Waals surface area contributed by atoms with Crippen molar-refractivity contribution < 1.29 is 9.47 Å². The van der Waals surface area contributed by atoms with Gasteiger partial charge in [-0.15, -0.1) is 0 Å². The molecule has 0 spiro atoms. The Balaban J connectivity index is 2.09. The van der Waals surface area contributed by atoms with E-state index < -0.39 is 0 Å². The largest absolute Gasteiger partial charge is 0.497 e. The van der Waals surface area contributed by atoms with Gasteiger partial charge in [0.05, 0.1) is 19.9 Å². The van der Waals surface area contributed by atoms with Crippen molar-refractivity contribution in [2.75, 3.05) is 25.3 Å². The number of anilines is 2. The molecule has 0 aliphatic rings. The van der Waals surface area contributed by atoms with Crippen LogP contribution in [-0.4, -0.2) is 19.2 Å². The second-order valence-electron chi connectivity index (χ2n) is 4.00. The summed E-state index contributed by atoms with van der Waals surface area (Å²) in [5.41, 5.74) is 7.53. The lowest BCUT2D eigenvalue weighted by Gasteiger charge is -2.10. The molecule has 5 heteroatoms. The third-order valence-electron chi connectivity index (χ3n) is 2.70. The smallest absolute Gasteiger partial charge is 0.215 e. The zero-order valence-electron chi connectivity index (χ0n) is 11.0. The van der Waals surface area contributed by atoms with Gasteiger partial charge in [-0.1, -0.05) is 12.1 Å². The van der Waals surface area contributed by atoms with Gasteiger partial charge in [-0.05, 0) is 23.8 Å². The fourth-order valence-corrected chi connectivity index (χ4v) is 1.68. The van der Waals surface area contributed by atoms with Crippen molar-refractivity contribution in [2.24, 2.45) is 0 Å². The van der Waals surface area contributed by atoms with E-state index in [0.29, 0.717) is 23.9 Å². The Bertz CT molecular complexity index is 558. The molecule has 0 aliphatic carbocycles. The molecule has 100 valence electrons. The molecule has 0 atom stereocenters. The second kappa shape index (κ2) is 5.95. The van der Waals surface area contributed by atoms with Gasteiger partial charge in [-0.2, -0.15) is 4.98 Å². The monoisotopic (exact) mass is 259 g/mol. The molecule has 2 rings (SSSR count). The Hall–Kier alpha value is -2.43. The summed E-state index contributed by atoms with van der Waals surface area (Å²) in [5.74, 6) is 1.97. The highest BCUT2D eigenvalue weighted by molar-refractivity contribution is 5.62. The van der Waals surface area contributed by atoms with Crippen LogP contribution in [0.3, 0.4) is 0 Å². The van der Waals surface area contributed by atoms with E-state index in [0.717, 1.165) is 11.3 Å². The number of nitrogens with one attached hydrogen (secondary N) is 1. The fraction of sp³-hybridized carbons (Fsp3) is 0.214. The molecule has 0 unspecified atom stereocenters. The van der Waals surface area contributed by atoms with Crippen LogP contribution < -0.4 is 20.5 Å². The minimum Gasteiger partial charge on any atom is -0.497 e. The van der Waals surface area contributed by atoms with E-state index in [9.17, 15) is 0 Å². The topological polar surface area (TPSA) is 69.4 Å². The van der Waals surface area contributed by atoms with Crippen molar-refractivity contribution in [3.63, 3.8) is 0 Å². The quantitative estimate of drug-likeness (QED) is 0.862. The van der Waals surface area contributed by atoms with Crippen molar-refractivity contribution in [2.45, 2.75) is 6.54 Å². The van der Waals surface area contributed by atoms with Gasteiger partial charge in [0, 0.05) is 12.6 Å². The van der Waals surface area contributed by atoms with Gasteiger partial charge < -0.3 is 20.5 Å². The van der Waals surface area contributed by atoms with Gasteiger partial charge in [0.25, 0.3) is 0 Å². The number of ether oxygens (including phenoxy) is 2. The molecule has 19 heavy (non-hydrogen) atoms. The zero-order chi connectivity index (χ0) is 13.7. The molecule has 3 N–H and O–H groups in total. The Morgan fingerprint density at radius 1 is 1.16 bits per heavy atom. The highest BCUT2D eigenvalue weighted by Crippen LogP contribution is 2.21. The van der Waals surface area contributed by atoms with Crippen LogP contribution in [0.4, 0.5) is 11.5 Å². The first-order valence-electron chi connectivity index (χ1n) is 5.90. The van der Waals surface area contributed by atoms with Gasteiger partial charge in [-0.3, -0.25) is 0 Å². The lowest BCUT2D eigenvalue weighted by molar-refractivity contribution is 0.398. The summed E-state index contributed by atoms with van der Waals surface area (Å²) in [4.78, 5) is 4.26. The molecule has 0 amide bonds. The normalized spacial score (nSPS) is 10.0. The van der Waals surface area contributed by atoms with Crippen molar-refractivity contribution in [1.82, 2.24) is 4.98 Å². The Labute approximate surface area is 112 Å². The minimum atomic E-state index is 0.530. The molecule has 0 radical (unpaired) electrons. The Morgan fingerprint density at radius 2 is 2.00 bits per heavy atom. The number of nitrogens with zero attached hydrogens (tertiary/aromatic N) is 1. The highest BCUT2D eigenvalue weighted by Gasteiger charge is 2.03. The first-order chi connectivity index (χ1) is 9.22. The number of aromatic nitrogens is 1. The molecular formula is C14H17N3O2. The maximum absolute atomic E-state index is 5.86. The first kappa shape index (κ1) is 13.0. The van der Waals surface area contributed by atoms with E-state index in [1.807, 2.05) is 24.3 Å². The number of nitrogens with two attached hydrogens (primary N) is 1. The van der Waals surface area contributed by atoms with Crippen LogP contribution in [0.5, 0.6) is 11.6 Å². The molecule has 1 aromatic carbocycles. The van der Waals surface area contributed by atoms with Gasteiger partial charge in [-0.25, -0.2) is 0 Å². The van der Waals surface area contributed by atoms with Crippen LogP contribution in [0.15, 0.2) is 36.4 Å². The van der Waals surface area contributed by atoms with Crippen molar-refractivity contribution in [3.05, 3.63) is 42.0 Å². The highest BCUT2D eigenvalue weighted by atomic mass is 16.5. The van der Waals surface area contributed by atoms with Crippen LogP contribution in [0.2, 0.25) is 0 Å². The predicted molar refractivity (Wildman–Crippen MR) is 75.5 cm³/mol.